The second kappa shape index (κ2) is 8.85. The van der Waals surface area contributed by atoms with E-state index in [0.29, 0.717) is 17.6 Å². The van der Waals surface area contributed by atoms with Gasteiger partial charge in [-0.05, 0) is 49.6 Å². The molecule has 0 bridgehead atoms. The Hall–Kier alpha value is -1.34. The molecule has 1 aromatic carbocycles. The summed E-state index contributed by atoms with van der Waals surface area (Å²) in [5.74, 6) is 0.166. The first-order valence-corrected chi connectivity index (χ1v) is 9.05. The zero-order chi connectivity index (χ0) is 18.4. The molecule has 1 N–H and O–H groups in total. The molecule has 1 aliphatic heterocycles. The Morgan fingerprint density at radius 1 is 1.44 bits per heavy atom. The van der Waals surface area contributed by atoms with Crippen LogP contribution in [0, 0.1) is 5.92 Å². The lowest BCUT2D eigenvalue weighted by Crippen LogP contribution is -2.26. The Bertz CT molecular complexity index is 626. The van der Waals surface area contributed by atoms with E-state index in [-0.39, 0.29) is 23.3 Å². The van der Waals surface area contributed by atoms with Gasteiger partial charge in [0.25, 0.3) is 0 Å². The van der Waals surface area contributed by atoms with Gasteiger partial charge in [-0.1, -0.05) is 19.1 Å². The highest BCUT2D eigenvalue weighted by atomic mass is 32.2. The van der Waals surface area contributed by atoms with Crippen molar-refractivity contribution in [3.05, 3.63) is 41.6 Å². The van der Waals surface area contributed by atoms with Crippen molar-refractivity contribution < 1.29 is 17.1 Å². The molecule has 1 heterocycles. The van der Waals surface area contributed by atoms with Gasteiger partial charge in [-0.25, -0.2) is 0 Å². The number of hydrogen-bond donors (Lipinski definition) is 1. The van der Waals surface area contributed by atoms with Crippen LogP contribution < -0.4 is 5.32 Å². The highest BCUT2D eigenvalue weighted by molar-refractivity contribution is 7.95. The Morgan fingerprint density at radius 2 is 2.20 bits per heavy atom. The summed E-state index contributed by atoms with van der Waals surface area (Å²) in [4.78, 5) is 4.49. The predicted molar refractivity (Wildman–Crippen MR) is 96.3 cm³/mol. The number of nitrogens with zero attached hydrogens (tertiary/aromatic N) is 1. The van der Waals surface area contributed by atoms with Gasteiger partial charge in [0.2, 0.25) is 0 Å². The second-order valence-corrected chi connectivity index (χ2v) is 6.87. The molecule has 1 saturated heterocycles. The number of hydrogen-bond acceptors (Lipinski definition) is 3. The molecule has 1 aliphatic rings. The number of halogens is 4. The summed E-state index contributed by atoms with van der Waals surface area (Å²) in [5.41, 5.74) is 1.16. The third-order valence-corrected chi connectivity index (χ3v) is 5.13. The van der Waals surface area contributed by atoms with Crippen LogP contribution in [-0.2, 0) is 6.18 Å². The number of nitrogens with one attached hydrogen (secondary N) is 1. The molecule has 0 spiro atoms. The van der Waals surface area contributed by atoms with Gasteiger partial charge in [-0.3, -0.25) is 4.99 Å². The number of rotatable bonds is 6. The monoisotopic (exact) mass is 374 g/mol. The summed E-state index contributed by atoms with van der Waals surface area (Å²) in [6.45, 7) is 5.24. The van der Waals surface area contributed by atoms with E-state index in [1.54, 1.807) is 19.2 Å². The Kier molecular flexibility index (Phi) is 7.07. The predicted octanol–water partition coefficient (Wildman–Crippen LogP) is 5.51. The van der Waals surface area contributed by atoms with E-state index in [2.05, 4.69) is 10.3 Å². The van der Waals surface area contributed by atoms with Crippen molar-refractivity contribution in [1.82, 2.24) is 5.32 Å². The van der Waals surface area contributed by atoms with E-state index < -0.39 is 11.7 Å². The van der Waals surface area contributed by atoms with Gasteiger partial charge in [0, 0.05) is 24.4 Å². The van der Waals surface area contributed by atoms with E-state index >= 15 is 0 Å². The molecule has 7 heteroatoms. The van der Waals surface area contributed by atoms with E-state index in [0.717, 1.165) is 37.4 Å². The maximum atomic E-state index is 13.3. The molecule has 2 rings (SSSR count). The zero-order valence-corrected chi connectivity index (χ0v) is 15.1. The first-order chi connectivity index (χ1) is 11.9. The first-order valence-electron chi connectivity index (χ1n) is 8.27. The topological polar surface area (TPSA) is 24.4 Å². The van der Waals surface area contributed by atoms with Crippen molar-refractivity contribution >= 4 is 23.4 Å². The van der Waals surface area contributed by atoms with Crippen molar-refractivity contribution in [1.29, 1.82) is 0 Å². The Morgan fingerprint density at radius 3 is 2.76 bits per heavy atom. The summed E-state index contributed by atoms with van der Waals surface area (Å²) in [6, 6.07) is 5.16. The summed E-state index contributed by atoms with van der Waals surface area (Å²) in [7, 11) is 0. The van der Waals surface area contributed by atoms with Crippen molar-refractivity contribution in [3.8, 4) is 0 Å². The van der Waals surface area contributed by atoms with Gasteiger partial charge in [-0.15, -0.1) is 0 Å². The van der Waals surface area contributed by atoms with Crippen LogP contribution in [0.15, 0.2) is 35.5 Å². The molecule has 0 aliphatic carbocycles. The standard InChI is InChI=1S/C18H22F4N2S/c1-3-16(25-22)17(14-7-8-23-11-14)24-10-12(2)13-5-4-6-15(9-13)18(19,20)21/h4-6,9-10,14,16,23H,3,7-8,11H2,1-2H3/b12-10+,24-17?. The van der Waals surface area contributed by atoms with Crippen LogP contribution in [-0.4, -0.2) is 24.1 Å². The van der Waals surface area contributed by atoms with Crippen molar-refractivity contribution in [2.24, 2.45) is 10.9 Å². The molecular formula is C18H22F4N2S. The van der Waals surface area contributed by atoms with Gasteiger partial charge in [0.1, 0.15) is 0 Å². The molecule has 1 fully saturated rings. The molecule has 2 nitrogen and oxygen atoms in total. The number of alkyl halides is 3. The molecule has 0 saturated carbocycles. The molecule has 25 heavy (non-hydrogen) atoms. The molecule has 138 valence electrons. The molecule has 1 aromatic rings. The fourth-order valence-corrected chi connectivity index (χ4v) is 3.33. The van der Waals surface area contributed by atoms with Crippen LogP contribution in [0.2, 0.25) is 0 Å². The second-order valence-electron chi connectivity index (χ2n) is 6.12. The fourth-order valence-electron chi connectivity index (χ4n) is 2.86. The van der Waals surface area contributed by atoms with Gasteiger partial charge in [-0.2, -0.15) is 17.1 Å². The Balaban J connectivity index is 2.30. The molecule has 0 aromatic heterocycles. The maximum Gasteiger partial charge on any atom is 0.416 e. The van der Waals surface area contributed by atoms with Crippen molar-refractivity contribution in [3.63, 3.8) is 0 Å². The summed E-state index contributed by atoms with van der Waals surface area (Å²) in [5, 5.41) is 2.92. The maximum absolute atomic E-state index is 13.3. The number of aliphatic imine (C=N–C) groups is 1. The van der Waals surface area contributed by atoms with Gasteiger partial charge >= 0.3 is 6.18 Å². The van der Waals surface area contributed by atoms with E-state index in [9.17, 15) is 17.1 Å². The highest BCUT2D eigenvalue weighted by Crippen LogP contribution is 2.31. The van der Waals surface area contributed by atoms with E-state index in [1.165, 1.54) is 6.07 Å². The van der Waals surface area contributed by atoms with Crippen LogP contribution in [0.5, 0.6) is 0 Å². The van der Waals surface area contributed by atoms with Crippen molar-refractivity contribution in [2.75, 3.05) is 13.1 Å². The summed E-state index contributed by atoms with van der Waals surface area (Å²) >= 11 is 0.282. The van der Waals surface area contributed by atoms with Crippen LogP contribution in [0.25, 0.3) is 5.57 Å². The van der Waals surface area contributed by atoms with Crippen LogP contribution in [0.3, 0.4) is 0 Å². The first kappa shape index (κ1) is 20.0. The third kappa shape index (κ3) is 5.31. The summed E-state index contributed by atoms with van der Waals surface area (Å²) in [6.07, 6.45) is -1.31. The molecular weight excluding hydrogens is 352 g/mol. The quantitative estimate of drug-likeness (QED) is 0.524. The number of benzene rings is 1. The lowest BCUT2D eigenvalue weighted by atomic mass is 9.98. The normalized spacial score (nSPS) is 20.8. The lowest BCUT2D eigenvalue weighted by molar-refractivity contribution is -0.137. The largest absolute Gasteiger partial charge is 0.416 e. The van der Waals surface area contributed by atoms with Gasteiger partial charge < -0.3 is 5.32 Å². The lowest BCUT2D eigenvalue weighted by Gasteiger charge is -2.18. The fraction of sp³-hybridized carbons (Fsp3) is 0.500. The average Bonchev–Trinajstić information content (AvgIpc) is 3.12. The smallest absolute Gasteiger partial charge is 0.316 e. The van der Waals surface area contributed by atoms with Crippen LogP contribution >= 0.6 is 12.1 Å². The van der Waals surface area contributed by atoms with Crippen LogP contribution in [0.1, 0.15) is 37.8 Å². The SMILES string of the molecule is CCC(SF)C(=N/C=C(\C)c1cccc(C(F)(F)F)c1)C1CCNC1. The van der Waals surface area contributed by atoms with Gasteiger partial charge in [0.15, 0.2) is 0 Å². The Labute approximate surface area is 150 Å². The number of allylic oxidation sites excluding steroid dienone is 1. The highest BCUT2D eigenvalue weighted by Gasteiger charge is 2.30. The molecule has 2 unspecified atom stereocenters. The molecule has 2 atom stereocenters. The molecule has 0 amide bonds. The third-order valence-electron chi connectivity index (χ3n) is 4.34. The van der Waals surface area contributed by atoms with E-state index in [1.807, 2.05) is 6.92 Å². The van der Waals surface area contributed by atoms with Gasteiger partial charge in [0.05, 0.1) is 23.0 Å². The molecule has 0 radical (unpaired) electrons. The minimum absolute atomic E-state index is 0.166. The minimum atomic E-state index is -4.38. The minimum Gasteiger partial charge on any atom is -0.316 e. The van der Waals surface area contributed by atoms with Crippen LogP contribution in [0.4, 0.5) is 17.1 Å². The van der Waals surface area contributed by atoms with Crippen molar-refractivity contribution in [2.45, 2.75) is 38.1 Å². The van der Waals surface area contributed by atoms with E-state index in [4.69, 9.17) is 0 Å². The average molecular weight is 374 g/mol. The summed E-state index contributed by atoms with van der Waals surface area (Å²) < 4.78 is 51.8. The zero-order valence-electron chi connectivity index (χ0n) is 14.2.